The highest BCUT2D eigenvalue weighted by Crippen LogP contribution is 2.36. The molecule has 13 heteroatoms. The van der Waals surface area contributed by atoms with Crippen molar-refractivity contribution < 1.29 is 18.7 Å². The minimum Gasteiger partial charge on any atom is -0.456 e. The van der Waals surface area contributed by atoms with E-state index >= 15 is 4.39 Å². The number of esters is 1. The van der Waals surface area contributed by atoms with Gasteiger partial charge in [-0.3, -0.25) is 24.6 Å². The van der Waals surface area contributed by atoms with Crippen molar-refractivity contribution in [2.45, 2.75) is 38.8 Å². The summed E-state index contributed by atoms with van der Waals surface area (Å²) in [5.74, 6) is -1.78. The van der Waals surface area contributed by atoms with Crippen LogP contribution in [0.15, 0.2) is 95.3 Å². The third kappa shape index (κ3) is 7.51. The normalized spacial score (nSPS) is 13.6. The number of amides is 1. The van der Waals surface area contributed by atoms with E-state index in [1.54, 1.807) is 51.1 Å². The van der Waals surface area contributed by atoms with Gasteiger partial charge in [-0.2, -0.15) is 0 Å². The number of hydrogen-bond acceptors (Lipinski definition) is 8. The summed E-state index contributed by atoms with van der Waals surface area (Å²) in [6, 6.07) is 18.5. The highest BCUT2D eigenvalue weighted by Gasteiger charge is 2.26. The molecule has 45 heavy (non-hydrogen) atoms. The predicted molar refractivity (Wildman–Crippen MR) is 171 cm³/mol. The maximum Gasteiger partial charge on any atom is 0.338 e. The standard InChI is InChI=1S/C32H29Cl2FN6O4/c1-32(2,3)45-31(44)20-9-11-21(12-10-20)37-30(43)25(15-19-7-5-4-6-8-19)40-18-36-23(16-27(40)42)28-24(14-13-22(33)29(28)35)41-17-26(34)38-39-41/h4-14,16-18,25,38-39H,15H2,1-3H3,(H,37,43)/t25-/m0/s1. The largest absolute Gasteiger partial charge is 0.456 e. The smallest absolute Gasteiger partial charge is 0.338 e. The van der Waals surface area contributed by atoms with Crippen molar-refractivity contribution in [3.8, 4) is 11.3 Å². The fourth-order valence-corrected chi connectivity index (χ4v) is 4.89. The van der Waals surface area contributed by atoms with Crippen LogP contribution in [0.4, 0.5) is 15.8 Å². The second kappa shape index (κ2) is 13.1. The van der Waals surface area contributed by atoms with Crippen LogP contribution in [-0.4, -0.2) is 27.0 Å². The first-order chi connectivity index (χ1) is 21.4. The number of hydrazine groups is 2. The Hall–Kier alpha value is -4.71. The van der Waals surface area contributed by atoms with Crippen LogP contribution >= 0.6 is 23.2 Å². The first kappa shape index (κ1) is 31.7. The van der Waals surface area contributed by atoms with Crippen LogP contribution in [0, 0.1) is 5.82 Å². The Bertz CT molecular complexity index is 1820. The van der Waals surface area contributed by atoms with Crippen LogP contribution < -0.4 is 26.8 Å². The molecule has 0 unspecified atom stereocenters. The van der Waals surface area contributed by atoms with Gasteiger partial charge >= 0.3 is 5.97 Å². The van der Waals surface area contributed by atoms with Crippen molar-refractivity contribution in [3.05, 3.63) is 123 Å². The summed E-state index contributed by atoms with van der Waals surface area (Å²) in [4.78, 5) is 44.0. The molecule has 0 radical (unpaired) electrons. The van der Waals surface area contributed by atoms with E-state index in [0.29, 0.717) is 11.3 Å². The van der Waals surface area contributed by atoms with Crippen LogP contribution in [-0.2, 0) is 16.0 Å². The summed E-state index contributed by atoms with van der Waals surface area (Å²) in [6.07, 6.45) is 2.85. The SMILES string of the molecule is CC(C)(C)OC(=O)c1ccc(NC(=O)[C@H](Cc2ccccc2)n2cnc(-c3c(N4C=C(Cl)NN4)ccc(Cl)c3F)cc2=O)cc1. The zero-order valence-corrected chi connectivity index (χ0v) is 26.0. The highest BCUT2D eigenvalue weighted by molar-refractivity contribution is 6.31. The van der Waals surface area contributed by atoms with Gasteiger partial charge in [-0.15, -0.1) is 5.53 Å². The number of carbonyl (C=O) groups is 2. The Balaban J connectivity index is 1.46. The molecule has 1 aliphatic rings. The van der Waals surface area contributed by atoms with Crippen LogP contribution in [0.2, 0.25) is 5.02 Å². The molecule has 5 rings (SSSR count). The van der Waals surface area contributed by atoms with Crippen molar-refractivity contribution in [2.75, 3.05) is 10.3 Å². The summed E-state index contributed by atoms with van der Waals surface area (Å²) in [5, 5.41) is 4.33. The number of nitrogens with zero attached hydrogens (tertiary/aromatic N) is 3. The van der Waals surface area contributed by atoms with Gasteiger partial charge in [-0.25, -0.2) is 14.2 Å². The molecule has 3 aromatic carbocycles. The van der Waals surface area contributed by atoms with E-state index in [2.05, 4.69) is 21.3 Å². The molecule has 4 aromatic rings. The quantitative estimate of drug-likeness (QED) is 0.158. The van der Waals surface area contributed by atoms with Gasteiger partial charge in [0.05, 0.1) is 40.1 Å². The third-order valence-electron chi connectivity index (χ3n) is 6.66. The second-order valence-electron chi connectivity index (χ2n) is 11.1. The molecule has 1 atom stereocenters. The Morgan fingerprint density at radius 3 is 2.38 bits per heavy atom. The van der Waals surface area contributed by atoms with Crippen molar-refractivity contribution in [3.63, 3.8) is 0 Å². The van der Waals surface area contributed by atoms with Crippen LogP contribution in [0.5, 0.6) is 0 Å². The summed E-state index contributed by atoms with van der Waals surface area (Å²) < 4.78 is 22.0. The molecule has 3 N–H and O–H groups in total. The molecule has 0 saturated heterocycles. The van der Waals surface area contributed by atoms with Crippen LogP contribution in [0.3, 0.4) is 0 Å². The summed E-state index contributed by atoms with van der Waals surface area (Å²) >= 11 is 12.1. The van der Waals surface area contributed by atoms with Crippen LogP contribution in [0.1, 0.15) is 42.7 Å². The van der Waals surface area contributed by atoms with Crippen molar-refractivity contribution >= 4 is 46.5 Å². The molecule has 2 heterocycles. The first-order valence-corrected chi connectivity index (χ1v) is 14.6. The van der Waals surface area contributed by atoms with Gasteiger partial charge in [0.2, 0.25) is 5.91 Å². The third-order valence-corrected chi connectivity index (χ3v) is 7.14. The monoisotopic (exact) mass is 650 g/mol. The van der Waals surface area contributed by atoms with Crippen LogP contribution in [0.25, 0.3) is 11.3 Å². The van der Waals surface area contributed by atoms with Crippen molar-refractivity contribution in [1.29, 1.82) is 0 Å². The molecular weight excluding hydrogens is 622 g/mol. The van der Waals surface area contributed by atoms with Gasteiger partial charge in [-0.1, -0.05) is 53.5 Å². The lowest BCUT2D eigenvalue weighted by atomic mass is 10.0. The van der Waals surface area contributed by atoms with Gasteiger partial charge in [0.25, 0.3) is 5.56 Å². The number of carbonyl (C=O) groups excluding carboxylic acids is 2. The molecule has 0 bridgehead atoms. The molecule has 0 fully saturated rings. The lowest BCUT2D eigenvalue weighted by molar-refractivity contribution is -0.119. The average Bonchev–Trinajstić information content (AvgIpc) is 3.43. The number of benzene rings is 3. The van der Waals surface area contributed by atoms with E-state index in [9.17, 15) is 14.4 Å². The number of nitrogens with one attached hydrogen (secondary N) is 3. The number of aromatic nitrogens is 2. The van der Waals surface area contributed by atoms with E-state index in [0.717, 1.165) is 11.6 Å². The molecule has 10 nitrogen and oxygen atoms in total. The fraction of sp³-hybridized carbons (Fsp3) is 0.188. The van der Waals surface area contributed by atoms with Gasteiger partial charge < -0.3 is 10.1 Å². The molecular formula is C32H29Cl2FN6O4. The van der Waals surface area contributed by atoms with Crippen molar-refractivity contribution in [2.24, 2.45) is 0 Å². The predicted octanol–water partition coefficient (Wildman–Crippen LogP) is 5.95. The maximum atomic E-state index is 15.4. The number of halogens is 3. The second-order valence-corrected chi connectivity index (χ2v) is 11.9. The highest BCUT2D eigenvalue weighted by atomic mass is 35.5. The molecule has 1 amide bonds. The van der Waals surface area contributed by atoms with Gasteiger partial charge in [0.1, 0.15) is 16.8 Å². The lowest BCUT2D eigenvalue weighted by Gasteiger charge is -2.22. The summed E-state index contributed by atoms with van der Waals surface area (Å²) in [6.45, 7) is 5.32. The van der Waals surface area contributed by atoms with E-state index in [1.165, 1.54) is 28.2 Å². The van der Waals surface area contributed by atoms with E-state index in [4.69, 9.17) is 27.9 Å². The Morgan fingerprint density at radius 2 is 1.76 bits per heavy atom. The Labute approximate surface area is 268 Å². The van der Waals surface area contributed by atoms with Gasteiger partial charge in [0.15, 0.2) is 5.82 Å². The summed E-state index contributed by atoms with van der Waals surface area (Å²) in [7, 11) is 0. The molecule has 1 aromatic heterocycles. The number of rotatable bonds is 8. The van der Waals surface area contributed by atoms with E-state index < -0.39 is 34.9 Å². The first-order valence-electron chi connectivity index (χ1n) is 13.8. The Kier molecular flexibility index (Phi) is 9.24. The molecule has 0 aliphatic carbocycles. The van der Waals surface area contributed by atoms with Gasteiger partial charge in [0, 0.05) is 18.2 Å². The minimum absolute atomic E-state index is 0.000994. The summed E-state index contributed by atoms with van der Waals surface area (Å²) in [5.41, 5.74) is 5.98. The van der Waals surface area contributed by atoms with Gasteiger partial charge in [-0.05, 0) is 62.7 Å². The Morgan fingerprint density at radius 1 is 1.04 bits per heavy atom. The van der Waals surface area contributed by atoms with Crippen molar-refractivity contribution in [1.82, 2.24) is 20.5 Å². The average molecular weight is 652 g/mol. The lowest BCUT2D eigenvalue weighted by Crippen LogP contribution is -2.36. The molecule has 0 saturated carbocycles. The number of ether oxygens (including phenoxy) is 1. The molecule has 1 aliphatic heterocycles. The fourth-order valence-electron chi connectivity index (χ4n) is 4.59. The number of anilines is 2. The zero-order chi connectivity index (χ0) is 32.3. The van der Waals surface area contributed by atoms with E-state index in [-0.39, 0.29) is 33.5 Å². The molecule has 232 valence electrons. The topological polar surface area (TPSA) is 118 Å². The molecule has 0 spiro atoms. The minimum atomic E-state index is -1.03. The van der Waals surface area contributed by atoms with E-state index in [1.807, 2.05) is 30.3 Å². The number of hydrogen-bond donors (Lipinski definition) is 3. The maximum absolute atomic E-state index is 15.4. The zero-order valence-electron chi connectivity index (χ0n) is 24.5.